The summed E-state index contributed by atoms with van der Waals surface area (Å²) in [6.45, 7) is 2.33. The second kappa shape index (κ2) is 13.5. The first-order valence-electron chi connectivity index (χ1n) is 11.1. The Morgan fingerprint density at radius 2 is 1.61 bits per heavy atom. The summed E-state index contributed by atoms with van der Waals surface area (Å²) in [4.78, 5) is 36.4. The molecular formula is C26H25ClN4O5. The number of hydrazone groups is 1. The molecular weight excluding hydrogens is 484 g/mol. The number of hydrogen-bond acceptors (Lipinski definition) is 6. The molecule has 0 fully saturated rings. The van der Waals surface area contributed by atoms with E-state index in [1.807, 2.05) is 6.92 Å². The third-order valence-electron chi connectivity index (χ3n) is 4.59. The summed E-state index contributed by atoms with van der Waals surface area (Å²) in [5, 5.41) is 9.38. The predicted molar refractivity (Wildman–Crippen MR) is 139 cm³/mol. The van der Waals surface area contributed by atoms with Crippen molar-refractivity contribution in [1.82, 2.24) is 5.43 Å². The number of hydrogen-bond donors (Lipinski definition) is 3. The van der Waals surface area contributed by atoms with Crippen LogP contribution in [0.25, 0.3) is 0 Å². The molecule has 3 aromatic rings. The van der Waals surface area contributed by atoms with Crippen molar-refractivity contribution in [2.45, 2.75) is 13.3 Å². The number of anilines is 2. The summed E-state index contributed by atoms with van der Waals surface area (Å²) in [6.07, 6.45) is 2.20. The highest BCUT2D eigenvalue weighted by Crippen LogP contribution is 2.21. The zero-order chi connectivity index (χ0) is 25.8. The molecule has 3 N–H and O–H groups in total. The minimum atomic E-state index is -0.949. The SMILES string of the molecule is CCCOc1ccc(NC(=O)C(=O)N/N=C\c2ccccc2OCC(=O)Nc2ccccc2Cl)cc1. The van der Waals surface area contributed by atoms with Crippen LogP contribution in [-0.4, -0.2) is 37.1 Å². The number of rotatable bonds is 10. The van der Waals surface area contributed by atoms with Gasteiger partial charge in [0.05, 0.1) is 23.5 Å². The number of nitrogens with zero attached hydrogens (tertiary/aromatic N) is 1. The van der Waals surface area contributed by atoms with Crippen molar-refractivity contribution in [3.63, 3.8) is 0 Å². The van der Waals surface area contributed by atoms with Gasteiger partial charge in [0.2, 0.25) is 0 Å². The molecule has 10 heteroatoms. The first-order valence-corrected chi connectivity index (χ1v) is 11.5. The van der Waals surface area contributed by atoms with Crippen LogP contribution in [0.4, 0.5) is 11.4 Å². The van der Waals surface area contributed by atoms with Crippen LogP contribution < -0.4 is 25.5 Å². The molecule has 0 spiro atoms. The smallest absolute Gasteiger partial charge is 0.329 e. The number of carbonyl (C=O) groups is 3. The van der Waals surface area contributed by atoms with Crippen LogP contribution in [0.2, 0.25) is 5.02 Å². The lowest BCUT2D eigenvalue weighted by atomic mass is 10.2. The molecule has 0 aromatic heterocycles. The summed E-state index contributed by atoms with van der Waals surface area (Å²) in [5.74, 6) is -1.19. The number of amides is 3. The molecule has 186 valence electrons. The van der Waals surface area contributed by atoms with Crippen LogP contribution in [-0.2, 0) is 14.4 Å². The van der Waals surface area contributed by atoms with E-state index in [0.29, 0.717) is 40.1 Å². The Hall–Kier alpha value is -4.37. The molecule has 9 nitrogen and oxygen atoms in total. The van der Waals surface area contributed by atoms with E-state index in [1.165, 1.54) is 6.21 Å². The second-order valence-electron chi connectivity index (χ2n) is 7.38. The monoisotopic (exact) mass is 508 g/mol. The van der Waals surface area contributed by atoms with E-state index in [0.717, 1.165) is 6.42 Å². The standard InChI is InChI=1S/C26H25ClN4O5/c1-2-15-35-20-13-11-19(12-14-20)29-25(33)26(34)31-28-16-18-7-3-6-10-23(18)36-17-24(32)30-22-9-5-4-8-21(22)27/h3-14,16H,2,15,17H2,1H3,(H,29,33)(H,30,32)(H,31,34)/b28-16-. The Kier molecular flexibility index (Phi) is 9.84. The molecule has 3 aromatic carbocycles. The van der Waals surface area contributed by atoms with Gasteiger partial charge in [-0.1, -0.05) is 42.8 Å². The predicted octanol–water partition coefficient (Wildman–Crippen LogP) is 4.24. The van der Waals surface area contributed by atoms with E-state index in [-0.39, 0.29) is 6.61 Å². The first kappa shape index (κ1) is 26.2. The molecule has 0 saturated heterocycles. The van der Waals surface area contributed by atoms with Gasteiger partial charge in [0, 0.05) is 11.3 Å². The van der Waals surface area contributed by atoms with Gasteiger partial charge in [-0.15, -0.1) is 0 Å². The minimum Gasteiger partial charge on any atom is -0.494 e. The summed E-state index contributed by atoms with van der Waals surface area (Å²) >= 11 is 6.04. The lowest BCUT2D eigenvalue weighted by Gasteiger charge is -2.10. The van der Waals surface area contributed by atoms with E-state index in [2.05, 4.69) is 21.2 Å². The van der Waals surface area contributed by atoms with E-state index in [1.54, 1.807) is 72.8 Å². The highest BCUT2D eigenvalue weighted by molar-refractivity contribution is 6.39. The second-order valence-corrected chi connectivity index (χ2v) is 7.79. The van der Waals surface area contributed by atoms with Gasteiger partial charge < -0.3 is 20.1 Å². The van der Waals surface area contributed by atoms with Gasteiger partial charge in [-0.2, -0.15) is 5.10 Å². The van der Waals surface area contributed by atoms with Gasteiger partial charge in [0.15, 0.2) is 6.61 Å². The Morgan fingerprint density at radius 3 is 2.36 bits per heavy atom. The van der Waals surface area contributed by atoms with Crippen molar-refractivity contribution < 1.29 is 23.9 Å². The van der Waals surface area contributed by atoms with Crippen LogP contribution >= 0.6 is 11.6 Å². The Labute approximate surface area is 213 Å². The average molecular weight is 509 g/mol. The van der Waals surface area contributed by atoms with Crippen LogP contribution in [0, 0.1) is 0 Å². The van der Waals surface area contributed by atoms with E-state index in [9.17, 15) is 14.4 Å². The fourth-order valence-corrected chi connectivity index (χ4v) is 3.05. The molecule has 3 amide bonds. The summed E-state index contributed by atoms with van der Waals surface area (Å²) < 4.78 is 11.1. The molecule has 3 rings (SSSR count). The molecule has 0 unspecified atom stereocenters. The summed E-state index contributed by atoms with van der Waals surface area (Å²) in [7, 11) is 0. The van der Waals surface area contributed by atoms with Crippen LogP contribution in [0.5, 0.6) is 11.5 Å². The molecule has 0 atom stereocenters. The van der Waals surface area contributed by atoms with Crippen LogP contribution in [0.3, 0.4) is 0 Å². The van der Waals surface area contributed by atoms with E-state index in [4.69, 9.17) is 21.1 Å². The highest BCUT2D eigenvalue weighted by atomic mass is 35.5. The maximum Gasteiger partial charge on any atom is 0.329 e. The van der Waals surface area contributed by atoms with Crippen molar-refractivity contribution in [2.75, 3.05) is 23.8 Å². The largest absolute Gasteiger partial charge is 0.494 e. The van der Waals surface area contributed by atoms with Crippen LogP contribution in [0.15, 0.2) is 77.9 Å². The van der Waals surface area contributed by atoms with Crippen molar-refractivity contribution in [3.8, 4) is 11.5 Å². The highest BCUT2D eigenvalue weighted by Gasteiger charge is 2.13. The fourth-order valence-electron chi connectivity index (χ4n) is 2.86. The van der Waals surface area contributed by atoms with Gasteiger partial charge in [-0.3, -0.25) is 14.4 Å². The van der Waals surface area contributed by atoms with E-state index < -0.39 is 17.7 Å². The number of benzene rings is 3. The minimum absolute atomic E-state index is 0.271. The normalized spacial score (nSPS) is 10.5. The third-order valence-corrected chi connectivity index (χ3v) is 4.92. The van der Waals surface area contributed by atoms with Crippen molar-refractivity contribution in [1.29, 1.82) is 0 Å². The lowest BCUT2D eigenvalue weighted by molar-refractivity contribution is -0.136. The van der Waals surface area contributed by atoms with Gasteiger partial charge in [0.25, 0.3) is 5.91 Å². The third kappa shape index (κ3) is 8.14. The molecule has 0 aliphatic rings. The van der Waals surface area contributed by atoms with Crippen molar-refractivity contribution >= 4 is 46.9 Å². The first-order chi connectivity index (χ1) is 17.5. The number of para-hydroxylation sites is 2. The molecule has 0 saturated carbocycles. The number of halogens is 1. The molecule has 0 aliphatic heterocycles. The van der Waals surface area contributed by atoms with Crippen molar-refractivity contribution in [3.05, 3.63) is 83.4 Å². The number of nitrogens with one attached hydrogen (secondary N) is 3. The van der Waals surface area contributed by atoms with Crippen LogP contribution in [0.1, 0.15) is 18.9 Å². The lowest BCUT2D eigenvalue weighted by Crippen LogP contribution is -2.32. The summed E-state index contributed by atoms with van der Waals surface area (Å²) in [6, 6.07) is 20.3. The molecule has 0 aliphatic carbocycles. The average Bonchev–Trinajstić information content (AvgIpc) is 2.89. The van der Waals surface area contributed by atoms with Crippen molar-refractivity contribution in [2.24, 2.45) is 5.10 Å². The topological polar surface area (TPSA) is 118 Å². The van der Waals surface area contributed by atoms with Gasteiger partial charge >= 0.3 is 11.8 Å². The Bertz CT molecular complexity index is 1230. The Morgan fingerprint density at radius 1 is 0.889 bits per heavy atom. The van der Waals surface area contributed by atoms with E-state index >= 15 is 0 Å². The molecule has 0 heterocycles. The van der Waals surface area contributed by atoms with Gasteiger partial charge in [-0.05, 0) is 55.0 Å². The zero-order valence-corrected chi connectivity index (χ0v) is 20.2. The summed E-state index contributed by atoms with van der Waals surface area (Å²) in [5.41, 5.74) is 3.58. The number of carbonyl (C=O) groups excluding carboxylic acids is 3. The quantitative estimate of drug-likeness (QED) is 0.215. The molecule has 36 heavy (non-hydrogen) atoms. The fraction of sp³-hybridized carbons (Fsp3) is 0.154. The number of ether oxygens (including phenoxy) is 2. The molecule has 0 bridgehead atoms. The zero-order valence-electron chi connectivity index (χ0n) is 19.5. The molecule has 0 radical (unpaired) electrons. The maximum absolute atomic E-state index is 12.2. The van der Waals surface area contributed by atoms with Gasteiger partial charge in [0.1, 0.15) is 11.5 Å². The maximum atomic E-state index is 12.2. The Balaban J connectivity index is 1.50. The van der Waals surface area contributed by atoms with Gasteiger partial charge in [-0.25, -0.2) is 5.43 Å².